The standard InChI is InChI=1S/C42H44N8O2/c1-48-23-5-12-37(48)41(51)49-24-6-10-35(49)39-44-26-33(46-39)30-19-15-28(16-20-30)13-14-29-17-21-31(22-18-29)34-27-45-40(47-34)36-11-7-25-50(36)42(52)38(43)32-8-3-2-4-9-32/h2-4,8-9,15-22,26-27,35-38H,5-7,10-12,23-25,43H2,1H3,(H,44,46)(H,45,47)/t35-,36-,37-,38+/m0/s1. The number of imidazole rings is 2. The van der Waals surface area contributed by atoms with Crippen LogP contribution in [0.4, 0.5) is 0 Å². The van der Waals surface area contributed by atoms with Crippen LogP contribution in [0.15, 0.2) is 91.3 Å². The van der Waals surface area contributed by atoms with Crippen molar-refractivity contribution in [2.75, 3.05) is 26.7 Å². The Kier molecular flexibility index (Phi) is 9.46. The first-order valence-corrected chi connectivity index (χ1v) is 18.4. The van der Waals surface area contributed by atoms with Crippen molar-refractivity contribution in [3.8, 4) is 34.4 Å². The Hall–Kier alpha value is -5.50. The smallest absolute Gasteiger partial charge is 0.244 e. The van der Waals surface area contributed by atoms with Gasteiger partial charge in [-0.25, -0.2) is 9.97 Å². The van der Waals surface area contributed by atoms with Gasteiger partial charge in [0.2, 0.25) is 11.8 Å². The number of H-pyrrole nitrogens is 2. The number of nitrogens with zero attached hydrogens (tertiary/aromatic N) is 5. The molecule has 3 saturated heterocycles. The highest BCUT2D eigenvalue weighted by Crippen LogP contribution is 2.35. The number of likely N-dealkylation sites (N-methyl/N-ethyl adjacent to an activating group) is 1. The van der Waals surface area contributed by atoms with Crippen molar-refractivity contribution in [1.82, 2.24) is 34.6 Å². The minimum atomic E-state index is -0.692. The lowest BCUT2D eigenvalue weighted by atomic mass is 10.1. The number of aromatic amines is 2. The molecule has 264 valence electrons. The molecule has 3 aliphatic heterocycles. The number of amides is 2. The van der Waals surface area contributed by atoms with Crippen LogP contribution in [-0.2, 0) is 9.59 Å². The maximum absolute atomic E-state index is 13.3. The molecule has 10 nitrogen and oxygen atoms in total. The quantitative estimate of drug-likeness (QED) is 0.180. The normalized spacial score (nSPS) is 20.9. The molecule has 5 aromatic rings. The average Bonchev–Trinajstić information content (AvgIpc) is 4.04. The van der Waals surface area contributed by atoms with Gasteiger partial charge in [-0.05, 0) is 93.1 Å². The van der Waals surface area contributed by atoms with E-state index in [2.05, 4.69) is 43.8 Å². The first kappa shape index (κ1) is 33.6. The van der Waals surface area contributed by atoms with Crippen molar-refractivity contribution in [3.05, 3.63) is 120 Å². The SMILES string of the molecule is CN1CCC[C@H]1C(=O)N1CCC[C@H]1c1ncc(-c2ccc(C#Cc3ccc(-c4cnc([C@@H]5CCCN5C(=O)[C@H](N)c5ccccc5)[nH]4)cc3)cc2)[nH]1. The number of nitrogens with two attached hydrogens (primary N) is 1. The molecule has 0 saturated carbocycles. The summed E-state index contributed by atoms with van der Waals surface area (Å²) in [6.07, 6.45) is 9.40. The van der Waals surface area contributed by atoms with E-state index < -0.39 is 6.04 Å². The second kappa shape index (κ2) is 14.6. The van der Waals surface area contributed by atoms with E-state index in [0.29, 0.717) is 6.54 Å². The molecule has 4 N–H and O–H groups in total. The van der Waals surface area contributed by atoms with Crippen molar-refractivity contribution in [1.29, 1.82) is 0 Å². The number of benzene rings is 3. The van der Waals surface area contributed by atoms with E-state index in [4.69, 9.17) is 10.7 Å². The van der Waals surface area contributed by atoms with Gasteiger partial charge < -0.3 is 25.5 Å². The summed E-state index contributed by atoms with van der Waals surface area (Å²) in [6, 6.07) is 24.9. The van der Waals surface area contributed by atoms with Crippen molar-refractivity contribution < 1.29 is 9.59 Å². The fraction of sp³-hybridized carbons (Fsp3) is 0.333. The van der Waals surface area contributed by atoms with Crippen LogP contribution in [0.2, 0.25) is 0 Å². The molecule has 0 bridgehead atoms. The molecule has 2 amide bonds. The molecule has 8 rings (SSSR count). The highest BCUT2D eigenvalue weighted by Gasteiger charge is 2.38. The molecule has 0 radical (unpaired) electrons. The summed E-state index contributed by atoms with van der Waals surface area (Å²) in [6.45, 7) is 2.44. The van der Waals surface area contributed by atoms with Crippen LogP contribution in [0.1, 0.15) is 85.0 Å². The Morgan fingerprint density at radius 2 is 1.23 bits per heavy atom. The zero-order valence-corrected chi connectivity index (χ0v) is 29.5. The molecule has 2 aromatic heterocycles. The highest BCUT2D eigenvalue weighted by atomic mass is 16.2. The Labute approximate surface area is 304 Å². The molecular weight excluding hydrogens is 649 g/mol. The number of nitrogens with one attached hydrogen (secondary N) is 2. The molecule has 4 atom stereocenters. The van der Waals surface area contributed by atoms with E-state index in [-0.39, 0.29) is 29.9 Å². The summed E-state index contributed by atoms with van der Waals surface area (Å²) >= 11 is 0. The largest absolute Gasteiger partial charge is 0.340 e. The number of carbonyl (C=O) groups is 2. The van der Waals surface area contributed by atoms with Gasteiger partial charge in [0.25, 0.3) is 0 Å². The molecule has 5 heterocycles. The molecule has 0 spiro atoms. The highest BCUT2D eigenvalue weighted by molar-refractivity contribution is 5.84. The van der Waals surface area contributed by atoms with Crippen LogP contribution in [0.3, 0.4) is 0 Å². The molecular formula is C42H44N8O2. The van der Waals surface area contributed by atoms with E-state index >= 15 is 0 Å². The number of aromatic nitrogens is 4. The molecule has 0 aliphatic carbocycles. The topological polar surface area (TPSA) is 127 Å². The fourth-order valence-corrected chi connectivity index (χ4v) is 7.94. The third-order valence-corrected chi connectivity index (χ3v) is 10.9. The Balaban J connectivity index is 0.893. The summed E-state index contributed by atoms with van der Waals surface area (Å²) in [7, 11) is 2.05. The van der Waals surface area contributed by atoms with E-state index in [9.17, 15) is 9.59 Å². The lowest BCUT2D eigenvalue weighted by Crippen LogP contribution is -2.44. The monoisotopic (exact) mass is 692 g/mol. The van der Waals surface area contributed by atoms with Crippen LogP contribution >= 0.6 is 0 Å². The number of hydrogen-bond donors (Lipinski definition) is 3. The second-order valence-corrected chi connectivity index (χ2v) is 14.2. The number of likely N-dealkylation sites (tertiary alicyclic amines) is 3. The van der Waals surface area contributed by atoms with Crippen LogP contribution < -0.4 is 5.73 Å². The van der Waals surface area contributed by atoms with E-state index in [0.717, 1.165) is 102 Å². The van der Waals surface area contributed by atoms with Crippen molar-refractivity contribution in [2.24, 2.45) is 5.73 Å². The third kappa shape index (κ3) is 6.77. The van der Waals surface area contributed by atoms with Crippen LogP contribution in [0, 0.1) is 11.8 Å². The molecule has 3 aromatic carbocycles. The average molecular weight is 693 g/mol. The lowest BCUT2D eigenvalue weighted by molar-refractivity contribution is -0.136. The van der Waals surface area contributed by atoms with Gasteiger partial charge in [0, 0.05) is 24.2 Å². The molecule has 3 aliphatic rings. The molecule has 3 fully saturated rings. The predicted octanol–water partition coefficient (Wildman–Crippen LogP) is 5.99. The number of carbonyl (C=O) groups excluding carboxylic acids is 2. The predicted molar refractivity (Wildman–Crippen MR) is 200 cm³/mol. The maximum Gasteiger partial charge on any atom is 0.244 e. The third-order valence-electron chi connectivity index (χ3n) is 10.9. The van der Waals surface area contributed by atoms with Gasteiger partial charge >= 0.3 is 0 Å². The lowest BCUT2D eigenvalue weighted by Gasteiger charge is -2.29. The van der Waals surface area contributed by atoms with Crippen molar-refractivity contribution >= 4 is 11.8 Å². The first-order valence-electron chi connectivity index (χ1n) is 18.4. The summed E-state index contributed by atoms with van der Waals surface area (Å²) in [5, 5.41) is 0. The van der Waals surface area contributed by atoms with Gasteiger partial charge in [-0.3, -0.25) is 14.5 Å². The Morgan fingerprint density at radius 1 is 0.712 bits per heavy atom. The molecule has 52 heavy (non-hydrogen) atoms. The van der Waals surface area contributed by atoms with Gasteiger partial charge in [0.1, 0.15) is 17.7 Å². The van der Waals surface area contributed by atoms with Gasteiger partial charge in [-0.15, -0.1) is 0 Å². The second-order valence-electron chi connectivity index (χ2n) is 14.2. The van der Waals surface area contributed by atoms with Gasteiger partial charge in [0.15, 0.2) is 0 Å². The van der Waals surface area contributed by atoms with Gasteiger partial charge in [-0.1, -0.05) is 66.4 Å². The summed E-state index contributed by atoms with van der Waals surface area (Å²) in [5.74, 6) is 8.36. The van der Waals surface area contributed by atoms with E-state index in [1.807, 2.05) is 96.0 Å². The van der Waals surface area contributed by atoms with Crippen LogP contribution in [-0.4, -0.2) is 79.2 Å². The van der Waals surface area contributed by atoms with E-state index in [1.165, 1.54) is 0 Å². The zero-order chi connectivity index (χ0) is 35.6. The Bertz CT molecular complexity index is 2090. The fourth-order valence-electron chi connectivity index (χ4n) is 7.94. The molecule has 10 heteroatoms. The first-order chi connectivity index (χ1) is 25.4. The Morgan fingerprint density at radius 3 is 1.77 bits per heavy atom. The maximum atomic E-state index is 13.3. The summed E-state index contributed by atoms with van der Waals surface area (Å²) in [4.78, 5) is 49.1. The zero-order valence-electron chi connectivity index (χ0n) is 29.5. The van der Waals surface area contributed by atoms with Crippen molar-refractivity contribution in [2.45, 2.75) is 62.7 Å². The van der Waals surface area contributed by atoms with Crippen LogP contribution in [0.5, 0.6) is 0 Å². The van der Waals surface area contributed by atoms with Gasteiger partial charge in [-0.2, -0.15) is 0 Å². The van der Waals surface area contributed by atoms with Crippen molar-refractivity contribution in [3.63, 3.8) is 0 Å². The minimum Gasteiger partial charge on any atom is -0.340 e. The number of rotatable bonds is 7. The molecule has 0 unspecified atom stereocenters. The van der Waals surface area contributed by atoms with Crippen LogP contribution in [0.25, 0.3) is 22.5 Å². The summed E-state index contributed by atoms with van der Waals surface area (Å²) in [5.41, 5.74) is 12.9. The van der Waals surface area contributed by atoms with E-state index in [1.54, 1.807) is 0 Å². The summed E-state index contributed by atoms with van der Waals surface area (Å²) < 4.78 is 0. The minimum absolute atomic E-state index is 0.0000478. The number of hydrogen-bond acceptors (Lipinski definition) is 6. The van der Waals surface area contributed by atoms with Gasteiger partial charge in [0.05, 0.1) is 41.9 Å².